The average Bonchev–Trinajstić information content (AvgIpc) is 2.73. The summed E-state index contributed by atoms with van der Waals surface area (Å²) in [5.74, 6) is 2.23. The molecule has 3 heteroatoms. The molecular formula is C11H18N2O. The Kier molecular flexibility index (Phi) is 2.01. The molecule has 0 spiro atoms. The summed E-state index contributed by atoms with van der Waals surface area (Å²) < 4.78 is 0. The average molecular weight is 194 g/mol. The van der Waals surface area contributed by atoms with Crippen LogP contribution in [0, 0.1) is 17.8 Å². The molecule has 1 amide bonds. The van der Waals surface area contributed by atoms with E-state index in [1.54, 1.807) is 0 Å². The van der Waals surface area contributed by atoms with Crippen LogP contribution in [0.4, 0.5) is 0 Å². The fraction of sp³-hybridized carbons (Fsp3) is 0.909. The molecule has 1 saturated heterocycles. The Bertz CT molecular complexity index is 238. The lowest BCUT2D eigenvalue weighted by Gasteiger charge is -2.11. The van der Waals surface area contributed by atoms with E-state index in [0.717, 1.165) is 37.8 Å². The number of amides is 1. The van der Waals surface area contributed by atoms with Gasteiger partial charge < -0.3 is 10.6 Å². The first-order valence-corrected chi connectivity index (χ1v) is 5.84. The van der Waals surface area contributed by atoms with Crippen molar-refractivity contribution in [1.29, 1.82) is 0 Å². The zero-order chi connectivity index (χ0) is 9.54. The van der Waals surface area contributed by atoms with Gasteiger partial charge in [-0.15, -0.1) is 0 Å². The van der Waals surface area contributed by atoms with Gasteiger partial charge in [0.05, 0.1) is 0 Å². The fourth-order valence-corrected chi connectivity index (χ4v) is 2.93. The third-order valence-electron chi connectivity index (χ3n) is 3.95. The Hall–Kier alpha value is -0.570. The fourth-order valence-electron chi connectivity index (χ4n) is 2.93. The maximum absolute atomic E-state index is 11.8. The van der Waals surface area contributed by atoms with Crippen molar-refractivity contribution in [3.63, 3.8) is 0 Å². The quantitative estimate of drug-likeness (QED) is 0.672. The smallest absolute Gasteiger partial charge is 0.223 e. The van der Waals surface area contributed by atoms with Crippen LogP contribution in [0.15, 0.2) is 0 Å². The highest BCUT2D eigenvalue weighted by molar-refractivity contribution is 5.79. The highest BCUT2D eigenvalue weighted by Gasteiger charge is 2.41. The van der Waals surface area contributed by atoms with Crippen LogP contribution in [0.3, 0.4) is 0 Å². The van der Waals surface area contributed by atoms with E-state index >= 15 is 0 Å². The van der Waals surface area contributed by atoms with Crippen LogP contribution in [0.5, 0.6) is 0 Å². The zero-order valence-electron chi connectivity index (χ0n) is 8.46. The van der Waals surface area contributed by atoms with Crippen molar-refractivity contribution < 1.29 is 4.79 Å². The lowest BCUT2D eigenvalue weighted by atomic mass is 10.0. The molecule has 0 aromatic heterocycles. The van der Waals surface area contributed by atoms with Crippen LogP contribution in [0.25, 0.3) is 0 Å². The van der Waals surface area contributed by atoms with Crippen molar-refractivity contribution in [3.8, 4) is 0 Å². The largest absolute Gasteiger partial charge is 0.353 e. The van der Waals surface area contributed by atoms with E-state index in [0.29, 0.717) is 17.9 Å². The van der Waals surface area contributed by atoms with Crippen molar-refractivity contribution in [2.45, 2.75) is 31.7 Å². The SMILES string of the molecule is O=C(NC1CC1)C1CC2CNCC2C1. The molecule has 14 heavy (non-hydrogen) atoms. The maximum atomic E-state index is 11.8. The van der Waals surface area contributed by atoms with Crippen molar-refractivity contribution in [3.05, 3.63) is 0 Å². The number of hydrogen-bond acceptors (Lipinski definition) is 2. The van der Waals surface area contributed by atoms with Gasteiger partial charge in [-0.1, -0.05) is 0 Å². The summed E-state index contributed by atoms with van der Waals surface area (Å²) in [6.07, 6.45) is 4.65. The normalized spacial score (nSPS) is 41.0. The van der Waals surface area contributed by atoms with Gasteiger partial charge in [-0.05, 0) is 50.6 Å². The first-order valence-electron chi connectivity index (χ1n) is 5.84. The number of carbonyl (C=O) groups is 1. The number of nitrogens with one attached hydrogen (secondary N) is 2. The van der Waals surface area contributed by atoms with Crippen molar-refractivity contribution in [2.24, 2.45) is 17.8 Å². The molecule has 3 nitrogen and oxygen atoms in total. The summed E-state index contributed by atoms with van der Waals surface area (Å²) in [6.45, 7) is 2.27. The number of carbonyl (C=O) groups excluding carboxylic acids is 1. The van der Waals surface area contributed by atoms with Crippen LogP contribution in [-0.4, -0.2) is 25.0 Å². The maximum Gasteiger partial charge on any atom is 0.223 e. The third-order valence-corrected chi connectivity index (χ3v) is 3.95. The lowest BCUT2D eigenvalue weighted by molar-refractivity contribution is -0.125. The second-order valence-electron chi connectivity index (χ2n) is 5.13. The van der Waals surface area contributed by atoms with Crippen molar-refractivity contribution >= 4 is 5.91 Å². The second-order valence-corrected chi connectivity index (χ2v) is 5.13. The Balaban J connectivity index is 1.56. The lowest BCUT2D eigenvalue weighted by Crippen LogP contribution is -2.32. The molecule has 0 aromatic rings. The molecule has 3 aliphatic rings. The minimum absolute atomic E-state index is 0.327. The zero-order valence-corrected chi connectivity index (χ0v) is 8.46. The standard InChI is InChI=1S/C11H18N2O/c14-11(13-10-1-2-10)7-3-8-5-12-6-9(8)4-7/h7-10,12H,1-6H2,(H,13,14). The highest BCUT2D eigenvalue weighted by Crippen LogP contribution is 2.38. The Morgan fingerprint density at radius 3 is 2.36 bits per heavy atom. The summed E-state index contributed by atoms with van der Waals surface area (Å²) in [5.41, 5.74) is 0. The Labute approximate surface area is 84.6 Å². The molecule has 0 radical (unpaired) electrons. The minimum Gasteiger partial charge on any atom is -0.353 e. The molecule has 2 atom stereocenters. The van der Waals surface area contributed by atoms with Crippen LogP contribution in [0.1, 0.15) is 25.7 Å². The molecule has 78 valence electrons. The van der Waals surface area contributed by atoms with Gasteiger partial charge in [-0.2, -0.15) is 0 Å². The van der Waals surface area contributed by atoms with Crippen LogP contribution < -0.4 is 10.6 Å². The molecule has 2 unspecified atom stereocenters. The van der Waals surface area contributed by atoms with Gasteiger partial charge in [0.2, 0.25) is 5.91 Å². The molecular weight excluding hydrogens is 176 g/mol. The second kappa shape index (κ2) is 3.23. The summed E-state index contributed by atoms with van der Waals surface area (Å²) >= 11 is 0. The summed E-state index contributed by atoms with van der Waals surface area (Å²) in [5, 5.41) is 6.53. The minimum atomic E-state index is 0.327. The molecule has 2 N–H and O–H groups in total. The van der Waals surface area contributed by atoms with Gasteiger partial charge in [-0.3, -0.25) is 4.79 Å². The number of fused-ring (bicyclic) bond motifs is 1. The van der Waals surface area contributed by atoms with Crippen molar-refractivity contribution in [2.75, 3.05) is 13.1 Å². The van der Waals surface area contributed by atoms with Gasteiger partial charge in [-0.25, -0.2) is 0 Å². The Morgan fingerprint density at radius 2 is 1.79 bits per heavy atom. The predicted octanol–water partition coefficient (Wildman–Crippen LogP) is 0.511. The van der Waals surface area contributed by atoms with Gasteiger partial charge >= 0.3 is 0 Å². The molecule has 3 fully saturated rings. The van der Waals surface area contributed by atoms with E-state index in [1.165, 1.54) is 12.8 Å². The first-order chi connectivity index (χ1) is 6.83. The Morgan fingerprint density at radius 1 is 1.14 bits per heavy atom. The molecule has 2 aliphatic carbocycles. The predicted molar refractivity (Wildman–Crippen MR) is 53.7 cm³/mol. The molecule has 0 bridgehead atoms. The molecule has 2 saturated carbocycles. The van der Waals surface area contributed by atoms with E-state index < -0.39 is 0 Å². The number of rotatable bonds is 2. The molecule has 1 aliphatic heterocycles. The van der Waals surface area contributed by atoms with E-state index in [9.17, 15) is 4.79 Å². The number of hydrogen-bond donors (Lipinski definition) is 2. The summed E-state index contributed by atoms with van der Waals surface area (Å²) in [7, 11) is 0. The molecule has 3 rings (SSSR count). The van der Waals surface area contributed by atoms with Crippen LogP contribution in [0.2, 0.25) is 0 Å². The van der Waals surface area contributed by atoms with E-state index in [2.05, 4.69) is 10.6 Å². The molecule has 1 heterocycles. The van der Waals surface area contributed by atoms with Crippen LogP contribution in [-0.2, 0) is 4.79 Å². The first kappa shape index (κ1) is 8.72. The van der Waals surface area contributed by atoms with Gasteiger partial charge in [0.25, 0.3) is 0 Å². The highest BCUT2D eigenvalue weighted by atomic mass is 16.2. The monoisotopic (exact) mass is 194 g/mol. The topological polar surface area (TPSA) is 41.1 Å². The van der Waals surface area contributed by atoms with Crippen LogP contribution >= 0.6 is 0 Å². The van der Waals surface area contributed by atoms with Crippen molar-refractivity contribution in [1.82, 2.24) is 10.6 Å². The summed E-state index contributed by atoms with van der Waals surface area (Å²) in [4.78, 5) is 11.8. The third kappa shape index (κ3) is 1.54. The van der Waals surface area contributed by atoms with E-state index in [1.807, 2.05) is 0 Å². The molecule has 0 aromatic carbocycles. The van der Waals surface area contributed by atoms with Gasteiger partial charge in [0, 0.05) is 12.0 Å². The van der Waals surface area contributed by atoms with E-state index in [4.69, 9.17) is 0 Å². The van der Waals surface area contributed by atoms with Gasteiger partial charge in [0.1, 0.15) is 0 Å². The summed E-state index contributed by atoms with van der Waals surface area (Å²) in [6, 6.07) is 0.529. The van der Waals surface area contributed by atoms with E-state index in [-0.39, 0.29) is 0 Å². The van der Waals surface area contributed by atoms with Gasteiger partial charge in [0.15, 0.2) is 0 Å².